The second-order valence-corrected chi connectivity index (χ2v) is 4.01. The number of rotatable bonds is 6. The van der Waals surface area contributed by atoms with Gasteiger partial charge in [0.25, 0.3) is 0 Å². The Bertz CT molecular complexity index is 339. The van der Waals surface area contributed by atoms with Crippen LogP contribution in [0.2, 0.25) is 0 Å². The van der Waals surface area contributed by atoms with Crippen molar-refractivity contribution in [2.45, 2.75) is 12.8 Å². The third-order valence-corrected chi connectivity index (χ3v) is 2.46. The maximum atomic E-state index is 11.0. The van der Waals surface area contributed by atoms with Gasteiger partial charge in [-0.3, -0.25) is 4.79 Å². The molecule has 0 unspecified atom stereocenters. The van der Waals surface area contributed by atoms with Gasteiger partial charge in [-0.2, -0.15) is 0 Å². The zero-order chi connectivity index (χ0) is 11.8. The number of aryl methyl sites for hydroxylation is 1. The molecule has 1 rings (SSSR count). The van der Waals surface area contributed by atoms with E-state index in [2.05, 4.69) is 20.7 Å². The number of halogens is 1. The van der Waals surface area contributed by atoms with Crippen molar-refractivity contribution >= 4 is 21.9 Å². The molecule has 0 bridgehead atoms. The molecule has 0 radical (unpaired) electrons. The zero-order valence-electron chi connectivity index (χ0n) is 9.24. The highest BCUT2D eigenvalue weighted by atomic mass is 79.9. The van der Waals surface area contributed by atoms with E-state index in [0.717, 1.165) is 16.6 Å². The molecule has 0 amide bonds. The largest absolute Gasteiger partial charge is 0.492 e. The summed E-state index contributed by atoms with van der Waals surface area (Å²) in [6.45, 7) is 0.620. The molecule has 3 nitrogen and oxygen atoms in total. The second-order valence-electron chi connectivity index (χ2n) is 3.22. The monoisotopic (exact) mass is 286 g/mol. The SMILES string of the molecule is COC(=O)CCc1ccccc1OCCBr. The lowest BCUT2D eigenvalue weighted by Gasteiger charge is -2.09. The molecule has 0 aromatic heterocycles. The van der Waals surface area contributed by atoms with E-state index in [-0.39, 0.29) is 5.97 Å². The van der Waals surface area contributed by atoms with E-state index in [1.54, 1.807) is 0 Å². The Morgan fingerprint density at radius 1 is 1.38 bits per heavy atom. The average molecular weight is 287 g/mol. The summed E-state index contributed by atoms with van der Waals surface area (Å²) in [5, 5.41) is 0.790. The van der Waals surface area contributed by atoms with Crippen molar-refractivity contribution in [2.24, 2.45) is 0 Å². The molecule has 88 valence electrons. The number of hydrogen-bond acceptors (Lipinski definition) is 3. The fourth-order valence-corrected chi connectivity index (χ4v) is 1.50. The number of alkyl halides is 1. The maximum absolute atomic E-state index is 11.0. The van der Waals surface area contributed by atoms with E-state index in [1.807, 2.05) is 24.3 Å². The first-order valence-electron chi connectivity index (χ1n) is 5.11. The number of benzene rings is 1. The van der Waals surface area contributed by atoms with Crippen LogP contribution in [0.25, 0.3) is 0 Å². The van der Waals surface area contributed by atoms with Gasteiger partial charge < -0.3 is 9.47 Å². The topological polar surface area (TPSA) is 35.5 Å². The Morgan fingerprint density at radius 3 is 2.81 bits per heavy atom. The predicted octanol–water partition coefficient (Wildman–Crippen LogP) is 2.57. The average Bonchev–Trinajstić information content (AvgIpc) is 2.34. The summed E-state index contributed by atoms with van der Waals surface area (Å²) >= 11 is 3.31. The fraction of sp³-hybridized carbons (Fsp3) is 0.417. The Balaban J connectivity index is 2.59. The first kappa shape index (κ1) is 13.0. The minimum atomic E-state index is -0.199. The van der Waals surface area contributed by atoms with Crippen LogP contribution < -0.4 is 4.74 Å². The molecule has 1 aromatic rings. The quantitative estimate of drug-likeness (QED) is 0.596. The van der Waals surface area contributed by atoms with Crippen LogP contribution in [-0.4, -0.2) is 25.0 Å². The highest BCUT2D eigenvalue weighted by Crippen LogP contribution is 2.19. The Kier molecular flexibility index (Phi) is 5.93. The highest BCUT2D eigenvalue weighted by molar-refractivity contribution is 9.09. The molecule has 0 heterocycles. The summed E-state index contributed by atoms with van der Waals surface area (Å²) in [4.78, 5) is 11.0. The van der Waals surface area contributed by atoms with E-state index >= 15 is 0 Å². The molecule has 0 N–H and O–H groups in total. The summed E-state index contributed by atoms with van der Waals surface area (Å²) < 4.78 is 10.2. The normalized spacial score (nSPS) is 9.88. The lowest BCUT2D eigenvalue weighted by Crippen LogP contribution is -2.04. The molecule has 0 aliphatic heterocycles. The molecule has 0 aliphatic carbocycles. The molecule has 16 heavy (non-hydrogen) atoms. The van der Waals surface area contributed by atoms with Gasteiger partial charge in [0.2, 0.25) is 0 Å². The van der Waals surface area contributed by atoms with Gasteiger partial charge in [0, 0.05) is 11.8 Å². The molecule has 4 heteroatoms. The molecular formula is C12H15BrO3. The van der Waals surface area contributed by atoms with Gasteiger partial charge in [0.05, 0.1) is 13.7 Å². The molecule has 0 atom stereocenters. The van der Waals surface area contributed by atoms with Gasteiger partial charge in [-0.25, -0.2) is 0 Å². The summed E-state index contributed by atoms with van der Waals surface area (Å²) in [6, 6.07) is 7.74. The van der Waals surface area contributed by atoms with Crippen molar-refractivity contribution in [3.05, 3.63) is 29.8 Å². The van der Waals surface area contributed by atoms with Crippen molar-refractivity contribution < 1.29 is 14.3 Å². The van der Waals surface area contributed by atoms with Crippen LogP contribution in [0, 0.1) is 0 Å². The van der Waals surface area contributed by atoms with E-state index in [0.29, 0.717) is 19.4 Å². The first-order valence-corrected chi connectivity index (χ1v) is 6.23. The van der Waals surface area contributed by atoms with Crippen LogP contribution in [0.5, 0.6) is 5.75 Å². The van der Waals surface area contributed by atoms with Crippen molar-refractivity contribution in [3.63, 3.8) is 0 Å². The Hall–Kier alpha value is -1.03. The van der Waals surface area contributed by atoms with E-state index < -0.39 is 0 Å². The molecule has 0 spiro atoms. The van der Waals surface area contributed by atoms with Gasteiger partial charge in [-0.15, -0.1) is 0 Å². The first-order chi connectivity index (χ1) is 7.77. The van der Waals surface area contributed by atoms with Crippen LogP contribution in [0.15, 0.2) is 24.3 Å². The smallest absolute Gasteiger partial charge is 0.305 e. The van der Waals surface area contributed by atoms with Gasteiger partial charge in [-0.05, 0) is 18.1 Å². The van der Waals surface area contributed by atoms with Gasteiger partial charge in [-0.1, -0.05) is 34.1 Å². The van der Waals surface area contributed by atoms with E-state index in [4.69, 9.17) is 4.74 Å². The van der Waals surface area contributed by atoms with Crippen molar-refractivity contribution in [2.75, 3.05) is 19.0 Å². The Morgan fingerprint density at radius 2 is 2.12 bits per heavy atom. The highest BCUT2D eigenvalue weighted by Gasteiger charge is 2.06. The molecule has 0 fully saturated rings. The Labute approximate surface area is 104 Å². The van der Waals surface area contributed by atoms with E-state index in [1.165, 1.54) is 7.11 Å². The minimum absolute atomic E-state index is 0.199. The molecule has 1 aromatic carbocycles. The fourth-order valence-electron chi connectivity index (χ4n) is 1.34. The third-order valence-electron chi connectivity index (χ3n) is 2.13. The number of carbonyl (C=O) groups excluding carboxylic acids is 1. The van der Waals surface area contributed by atoms with Crippen LogP contribution in [0.1, 0.15) is 12.0 Å². The number of hydrogen-bond donors (Lipinski definition) is 0. The van der Waals surface area contributed by atoms with Crippen LogP contribution >= 0.6 is 15.9 Å². The molecule has 0 aliphatic rings. The summed E-state index contributed by atoms with van der Waals surface area (Å²) in [6.07, 6.45) is 1.02. The standard InChI is InChI=1S/C12H15BrO3/c1-15-12(14)7-6-10-4-2-3-5-11(10)16-9-8-13/h2-5H,6-9H2,1H3. The zero-order valence-corrected chi connectivity index (χ0v) is 10.8. The number of para-hydroxylation sites is 1. The molecule has 0 saturated heterocycles. The number of methoxy groups -OCH3 is 1. The van der Waals surface area contributed by atoms with E-state index in [9.17, 15) is 4.79 Å². The summed E-state index contributed by atoms with van der Waals surface area (Å²) in [5.74, 6) is 0.640. The number of carbonyl (C=O) groups is 1. The van der Waals surface area contributed by atoms with Crippen LogP contribution in [0.4, 0.5) is 0 Å². The number of ether oxygens (including phenoxy) is 2. The predicted molar refractivity (Wildman–Crippen MR) is 66.1 cm³/mol. The molecular weight excluding hydrogens is 272 g/mol. The van der Waals surface area contributed by atoms with Crippen molar-refractivity contribution in [1.82, 2.24) is 0 Å². The summed E-state index contributed by atoms with van der Waals surface area (Å²) in [5.41, 5.74) is 1.04. The lowest BCUT2D eigenvalue weighted by atomic mass is 10.1. The van der Waals surface area contributed by atoms with Crippen molar-refractivity contribution in [3.8, 4) is 5.75 Å². The second kappa shape index (κ2) is 7.28. The van der Waals surface area contributed by atoms with Gasteiger partial charge in [0.1, 0.15) is 5.75 Å². The minimum Gasteiger partial charge on any atom is -0.492 e. The van der Waals surface area contributed by atoms with Crippen molar-refractivity contribution in [1.29, 1.82) is 0 Å². The maximum Gasteiger partial charge on any atom is 0.305 e. The lowest BCUT2D eigenvalue weighted by molar-refractivity contribution is -0.140. The van der Waals surface area contributed by atoms with Crippen LogP contribution in [0.3, 0.4) is 0 Å². The number of esters is 1. The summed E-state index contributed by atoms with van der Waals surface area (Å²) in [7, 11) is 1.40. The third kappa shape index (κ3) is 4.23. The molecule has 0 saturated carbocycles. The van der Waals surface area contributed by atoms with Crippen LogP contribution in [-0.2, 0) is 16.0 Å². The van der Waals surface area contributed by atoms with Gasteiger partial charge >= 0.3 is 5.97 Å². The van der Waals surface area contributed by atoms with Gasteiger partial charge in [0.15, 0.2) is 0 Å².